The van der Waals surface area contributed by atoms with Gasteiger partial charge in [-0.2, -0.15) is 0 Å². The second kappa shape index (κ2) is 7.39. The molecule has 7 nitrogen and oxygen atoms in total. The zero-order valence-electron chi connectivity index (χ0n) is 14.1. The molecule has 0 atom stereocenters. The van der Waals surface area contributed by atoms with Crippen LogP contribution < -0.4 is 13.8 Å². The monoisotopic (exact) mass is 399 g/mol. The van der Waals surface area contributed by atoms with Crippen LogP contribution in [0.5, 0.6) is 11.5 Å². The highest BCUT2D eigenvalue weighted by Crippen LogP contribution is 2.34. The van der Waals surface area contributed by atoms with Crippen molar-refractivity contribution in [3.63, 3.8) is 0 Å². The Morgan fingerprint density at radius 3 is 2.44 bits per heavy atom. The molecule has 0 fully saturated rings. The van der Waals surface area contributed by atoms with Gasteiger partial charge in [0.25, 0.3) is 10.0 Å². The number of hydrogen-bond donors (Lipinski definition) is 0. The van der Waals surface area contributed by atoms with E-state index in [0.717, 1.165) is 19.2 Å². The molecule has 0 N–H and O–H groups in total. The van der Waals surface area contributed by atoms with E-state index >= 15 is 0 Å². The number of carbonyl (C=O) groups excluding carboxylic acids is 1. The van der Waals surface area contributed by atoms with Crippen LogP contribution in [0, 0.1) is 11.6 Å². The molecule has 1 heterocycles. The first-order valence-corrected chi connectivity index (χ1v) is 9.21. The van der Waals surface area contributed by atoms with Crippen LogP contribution in [0.3, 0.4) is 0 Å². The van der Waals surface area contributed by atoms with Gasteiger partial charge < -0.3 is 14.2 Å². The minimum absolute atomic E-state index is 0.208. The number of esters is 1. The first-order chi connectivity index (χ1) is 12.8. The number of sulfonamides is 1. The van der Waals surface area contributed by atoms with Gasteiger partial charge in [0.2, 0.25) is 0 Å². The van der Waals surface area contributed by atoms with Crippen LogP contribution in [0.25, 0.3) is 0 Å². The van der Waals surface area contributed by atoms with E-state index in [1.807, 2.05) is 0 Å². The maximum Gasteiger partial charge on any atom is 0.326 e. The molecule has 1 aliphatic rings. The van der Waals surface area contributed by atoms with Gasteiger partial charge in [0.15, 0.2) is 23.1 Å². The molecule has 0 amide bonds. The van der Waals surface area contributed by atoms with E-state index in [1.165, 1.54) is 18.2 Å². The highest BCUT2D eigenvalue weighted by atomic mass is 32.2. The summed E-state index contributed by atoms with van der Waals surface area (Å²) in [6.45, 7) is -0.133. The highest BCUT2D eigenvalue weighted by molar-refractivity contribution is 7.92. The maximum absolute atomic E-state index is 13.6. The average Bonchev–Trinajstić information content (AvgIpc) is 2.67. The third-order valence-electron chi connectivity index (χ3n) is 3.79. The Morgan fingerprint density at radius 2 is 1.78 bits per heavy atom. The summed E-state index contributed by atoms with van der Waals surface area (Å²) in [7, 11) is -3.23. The molecular weight excluding hydrogens is 384 g/mol. The highest BCUT2D eigenvalue weighted by Gasteiger charge is 2.29. The Morgan fingerprint density at radius 1 is 1.07 bits per heavy atom. The Hall–Kier alpha value is -2.88. The lowest BCUT2D eigenvalue weighted by atomic mass is 10.3. The lowest BCUT2D eigenvalue weighted by Gasteiger charge is -2.25. The van der Waals surface area contributed by atoms with E-state index in [0.29, 0.717) is 22.7 Å². The molecule has 0 saturated heterocycles. The molecule has 0 bridgehead atoms. The molecule has 0 unspecified atom stereocenters. The zero-order valence-corrected chi connectivity index (χ0v) is 15.0. The van der Waals surface area contributed by atoms with E-state index in [9.17, 15) is 22.0 Å². The van der Waals surface area contributed by atoms with Crippen molar-refractivity contribution >= 4 is 21.7 Å². The summed E-state index contributed by atoms with van der Waals surface area (Å²) in [4.78, 5) is 11.5. The van der Waals surface area contributed by atoms with E-state index in [-0.39, 0.29) is 22.9 Å². The van der Waals surface area contributed by atoms with Crippen LogP contribution in [0.4, 0.5) is 14.5 Å². The van der Waals surface area contributed by atoms with Crippen molar-refractivity contribution in [3.05, 3.63) is 48.0 Å². The summed E-state index contributed by atoms with van der Waals surface area (Å²) < 4.78 is 68.9. The molecule has 144 valence electrons. The minimum Gasteiger partial charge on any atom is -0.486 e. The van der Waals surface area contributed by atoms with Gasteiger partial charge in [-0.1, -0.05) is 0 Å². The fraction of sp³-hybridized carbons (Fsp3) is 0.235. The van der Waals surface area contributed by atoms with Crippen LogP contribution in [-0.2, 0) is 19.6 Å². The molecular formula is C17H15F2NO6S. The number of fused-ring (bicyclic) bond motifs is 1. The topological polar surface area (TPSA) is 82.1 Å². The van der Waals surface area contributed by atoms with E-state index < -0.39 is 34.2 Å². The quantitative estimate of drug-likeness (QED) is 0.717. The van der Waals surface area contributed by atoms with Gasteiger partial charge in [0, 0.05) is 12.1 Å². The Labute approximate surface area is 154 Å². The van der Waals surface area contributed by atoms with Crippen molar-refractivity contribution in [2.24, 2.45) is 0 Å². The van der Waals surface area contributed by atoms with Crippen LogP contribution in [0.1, 0.15) is 0 Å². The van der Waals surface area contributed by atoms with E-state index in [4.69, 9.17) is 9.47 Å². The summed E-state index contributed by atoms with van der Waals surface area (Å²) in [5, 5.41) is 0. The Bertz CT molecular complexity index is 979. The number of benzene rings is 2. The molecule has 3 rings (SSSR count). The molecule has 2 aromatic carbocycles. The standard InChI is InChI=1S/C17H15F2NO6S/c1-24-17(21)10-20(11-2-4-13(18)14(19)8-11)27(22,23)12-3-5-15-16(9-12)26-7-6-25-15/h2-5,8-9H,6-7,10H2,1H3. The Kier molecular flexibility index (Phi) is 5.17. The fourth-order valence-corrected chi connectivity index (χ4v) is 3.87. The number of hydrogen-bond acceptors (Lipinski definition) is 6. The number of nitrogens with zero attached hydrogens (tertiary/aromatic N) is 1. The molecule has 2 aromatic rings. The summed E-state index contributed by atoms with van der Waals surface area (Å²) in [5.74, 6) is -2.66. The van der Waals surface area contributed by atoms with Crippen molar-refractivity contribution in [1.29, 1.82) is 0 Å². The summed E-state index contributed by atoms with van der Waals surface area (Å²) in [6, 6.07) is 6.45. The second-order valence-corrected chi connectivity index (χ2v) is 7.35. The summed E-state index contributed by atoms with van der Waals surface area (Å²) in [6.07, 6.45) is 0. The summed E-state index contributed by atoms with van der Waals surface area (Å²) >= 11 is 0. The molecule has 0 saturated carbocycles. The number of carbonyl (C=O) groups is 1. The third-order valence-corrected chi connectivity index (χ3v) is 5.56. The fourth-order valence-electron chi connectivity index (χ4n) is 2.45. The van der Waals surface area contributed by atoms with Gasteiger partial charge >= 0.3 is 5.97 Å². The van der Waals surface area contributed by atoms with E-state index in [2.05, 4.69) is 4.74 Å². The van der Waals surface area contributed by atoms with Crippen molar-refractivity contribution in [2.75, 3.05) is 31.2 Å². The number of halogens is 2. The lowest BCUT2D eigenvalue weighted by molar-refractivity contribution is -0.138. The first kappa shape index (κ1) is 18.9. The van der Waals surface area contributed by atoms with Crippen LogP contribution in [0.15, 0.2) is 41.3 Å². The smallest absolute Gasteiger partial charge is 0.326 e. The third kappa shape index (κ3) is 3.80. The largest absolute Gasteiger partial charge is 0.486 e. The van der Waals surface area contributed by atoms with Gasteiger partial charge in [0.05, 0.1) is 17.7 Å². The zero-order chi connectivity index (χ0) is 19.6. The molecule has 0 aliphatic carbocycles. The average molecular weight is 399 g/mol. The molecule has 0 spiro atoms. The van der Waals surface area contributed by atoms with Crippen LogP contribution >= 0.6 is 0 Å². The first-order valence-electron chi connectivity index (χ1n) is 7.77. The Balaban J connectivity index is 2.06. The molecule has 0 aromatic heterocycles. The van der Waals surface area contributed by atoms with Gasteiger partial charge in [-0.3, -0.25) is 9.10 Å². The van der Waals surface area contributed by atoms with Crippen molar-refractivity contribution in [3.8, 4) is 11.5 Å². The molecule has 0 radical (unpaired) electrons. The van der Waals surface area contributed by atoms with Crippen molar-refractivity contribution < 1.29 is 36.2 Å². The maximum atomic E-state index is 13.6. The predicted octanol–water partition coefficient (Wildman–Crippen LogP) is 2.10. The number of methoxy groups -OCH3 is 1. The van der Waals surface area contributed by atoms with Gasteiger partial charge in [-0.05, 0) is 24.3 Å². The van der Waals surface area contributed by atoms with Crippen molar-refractivity contribution in [2.45, 2.75) is 4.90 Å². The number of ether oxygens (including phenoxy) is 3. The SMILES string of the molecule is COC(=O)CN(c1ccc(F)c(F)c1)S(=O)(=O)c1ccc2c(c1)OCCO2. The summed E-state index contributed by atoms with van der Waals surface area (Å²) in [5.41, 5.74) is -0.228. The lowest BCUT2D eigenvalue weighted by Crippen LogP contribution is -2.36. The molecule has 1 aliphatic heterocycles. The molecule has 27 heavy (non-hydrogen) atoms. The number of anilines is 1. The van der Waals surface area contributed by atoms with E-state index in [1.54, 1.807) is 0 Å². The second-order valence-electron chi connectivity index (χ2n) is 5.49. The number of rotatable bonds is 5. The van der Waals surface area contributed by atoms with Crippen LogP contribution in [-0.4, -0.2) is 41.3 Å². The van der Waals surface area contributed by atoms with Gasteiger partial charge in [-0.25, -0.2) is 17.2 Å². The predicted molar refractivity (Wildman–Crippen MR) is 90.3 cm³/mol. The normalized spacial score (nSPS) is 13.1. The van der Waals surface area contributed by atoms with Crippen molar-refractivity contribution in [1.82, 2.24) is 0 Å². The van der Waals surface area contributed by atoms with Gasteiger partial charge in [-0.15, -0.1) is 0 Å². The van der Waals surface area contributed by atoms with Gasteiger partial charge in [0.1, 0.15) is 19.8 Å². The molecule has 10 heteroatoms. The van der Waals surface area contributed by atoms with Crippen LogP contribution in [0.2, 0.25) is 0 Å². The minimum atomic E-state index is -4.31.